The van der Waals surface area contributed by atoms with Crippen molar-refractivity contribution < 1.29 is 8.54 Å². The van der Waals surface area contributed by atoms with Gasteiger partial charge >= 0.3 is 15.8 Å². The molecule has 0 unspecified atom stereocenters. The monoisotopic (exact) mass is 271 g/mol. The third-order valence-electron chi connectivity index (χ3n) is 2.92. The highest BCUT2D eigenvalue weighted by Crippen LogP contribution is 2.28. The Morgan fingerprint density at radius 2 is 1.95 bits per heavy atom. The van der Waals surface area contributed by atoms with Crippen LogP contribution in [0.1, 0.15) is 36.0 Å². The molecule has 0 aliphatic carbocycles. The van der Waals surface area contributed by atoms with Crippen molar-refractivity contribution >= 4 is 15.8 Å². The Labute approximate surface area is 117 Å². The maximum absolute atomic E-state index is 5.61. The first kappa shape index (κ1) is 13.8. The van der Waals surface area contributed by atoms with Crippen LogP contribution in [0, 0.1) is 5.41 Å². The standard InChI is InChI=1S/C16H19O2Si/c1-5-6-12-7-9-13(10-8-12)14-11-15(16(2,3)4)18-19-17-14/h5,7-11H,1,6H2,2-4H3/q+1. The van der Waals surface area contributed by atoms with E-state index in [0.29, 0.717) is 0 Å². The van der Waals surface area contributed by atoms with E-state index in [1.165, 1.54) is 5.56 Å². The zero-order chi connectivity index (χ0) is 13.9. The second kappa shape index (κ2) is 5.57. The molecule has 2 nitrogen and oxygen atoms in total. The lowest BCUT2D eigenvalue weighted by Gasteiger charge is -2.20. The third kappa shape index (κ3) is 3.44. The molecule has 0 atom stereocenters. The second-order valence-electron chi connectivity index (χ2n) is 5.60. The van der Waals surface area contributed by atoms with Crippen molar-refractivity contribution in [2.24, 2.45) is 5.41 Å². The van der Waals surface area contributed by atoms with Gasteiger partial charge in [-0.1, -0.05) is 39.0 Å². The molecule has 3 heteroatoms. The largest absolute Gasteiger partial charge is 1.02 e. The SMILES string of the molecule is C=CCc1ccc(C2=[O+][Si]OC(C(C)(C)C)=C2)cc1. The number of benzene rings is 1. The fourth-order valence-corrected chi connectivity index (χ4v) is 2.54. The van der Waals surface area contributed by atoms with E-state index in [2.05, 4.69) is 51.6 Å². The first-order valence-electron chi connectivity index (χ1n) is 6.39. The van der Waals surface area contributed by atoms with E-state index in [-0.39, 0.29) is 15.4 Å². The minimum atomic E-state index is 0.00477. The van der Waals surface area contributed by atoms with Gasteiger partial charge < -0.3 is 8.54 Å². The zero-order valence-electron chi connectivity index (χ0n) is 11.7. The first-order valence-corrected chi connectivity index (χ1v) is 7.20. The van der Waals surface area contributed by atoms with Gasteiger partial charge in [-0.05, 0) is 24.1 Å². The van der Waals surface area contributed by atoms with Crippen molar-refractivity contribution in [3.8, 4) is 0 Å². The number of hydrogen-bond acceptors (Lipinski definition) is 1. The molecule has 1 aromatic rings. The Balaban J connectivity index is 2.24. The van der Waals surface area contributed by atoms with E-state index in [4.69, 9.17) is 8.54 Å². The quantitative estimate of drug-likeness (QED) is 0.467. The zero-order valence-corrected chi connectivity index (χ0v) is 12.7. The van der Waals surface area contributed by atoms with Crippen molar-refractivity contribution in [3.05, 3.63) is 59.9 Å². The predicted molar refractivity (Wildman–Crippen MR) is 79.1 cm³/mol. The summed E-state index contributed by atoms with van der Waals surface area (Å²) in [6, 6.07) is 8.38. The maximum atomic E-state index is 5.61. The van der Waals surface area contributed by atoms with E-state index in [0.717, 1.165) is 23.5 Å². The van der Waals surface area contributed by atoms with Crippen LogP contribution in [-0.4, -0.2) is 15.8 Å². The van der Waals surface area contributed by atoms with Gasteiger partial charge in [-0.15, -0.1) is 6.58 Å². The molecule has 2 radical (unpaired) electrons. The average molecular weight is 271 g/mol. The van der Waals surface area contributed by atoms with Gasteiger partial charge in [0, 0.05) is 5.41 Å². The molecule has 0 aromatic heterocycles. The summed E-state index contributed by atoms with van der Waals surface area (Å²) in [7, 11) is 0.0375. The van der Waals surface area contributed by atoms with Gasteiger partial charge in [-0.3, -0.25) is 0 Å². The van der Waals surface area contributed by atoms with Crippen LogP contribution in [0.3, 0.4) is 0 Å². The molecule has 98 valence electrons. The van der Waals surface area contributed by atoms with Gasteiger partial charge in [0.15, 0.2) is 0 Å². The molecular weight excluding hydrogens is 252 g/mol. The van der Waals surface area contributed by atoms with Gasteiger partial charge in [-0.2, -0.15) is 0 Å². The van der Waals surface area contributed by atoms with E-state index in [9.17, 15) is 0 Å². The molecule has 2 rings (SSSR count). The van der Waals surface area contributed by atoms with Crippen LogP contribution in [-0.2, 0) is 10.8 Å². The molecule has 0 amide bonds. The topological polar surface area (TPSA) is 20.5 Å². The summed E-state index contributed by atoms with van der Waals surface area (Å²) in [5, 5.41) is 0. The van der Waals surface area contributed by atoms with E-state index in [1.807, 2.05) is 12.2 Å². The Morgan fingerprint density at radius 3 is 2.53 bits per heavy atom. The highest BCUT2D eigenvalue weighted by molar-refractivity contribution is 6.22. The Kier molecular flexibility index (Phi) is 4.05. The maximum Gasteiger partial charge on any atom is 1.02 e. The Bertz CT molecular complexity index is 519. The van der Waals surface area contributed by atoms with Gasteiger partial charge in [0.05, 0.1) is 11.6 Å². The van der Waals surface area contributed by atoms with Crippen LogP contribution in [0.15, 0.2) is 48.8 Å². The Hall–Kier alpha value is -1.61. The molecular formula is C16H19O2Si+. The van der Waals surface area contributed by atoms with Gasteiger partial charge in [0.2, 0.25) is 0 Å². The van der Waals surface area contributed by atoms with Gasteiger partial charge in [-0.25, -0.2) is 0 Å². The van der Waals surface area contributed by atoms with Crippen molar-refractivity contribution in [1.29, 1.82) is 0 Å². The summed E-state index contributed by atoms with van der Waals surface area (Å²) in [6.45, 7) is 10.2. The molecule has 1 aromatic carbocycles. The molecule has 0 spiro atoms. The number of hydrogen-bond donors (Lipinski definition) is 0. The molecule has 1 heterocycles. The molecule has 0 fully saturated rings. The van der Waals surface area contributed by atoms with Gasteiger partial charge in [0.25, 0.3) is 0 Å². The van der Waals surface area contributed by atoms with Crippen molar-refractivity contribution in [1.82, 2.24) is 0 Å². The molecule has 0 saturated carbocycles. The minimum Gasteiger partial charge on any atom is -0.464 e. The van der Waals surface area contributed by atoms with Crippen LogP contribution >= 0.6 is 0 Å². The fourth-order valence-electron chi connectivity index (χ4n) is 1.77. The van der Waals surface area contributed by atoms with Gasteiger partial charge in [0.1, 0.15) is 5.76 Å². The van der Waals surface area contributed by atoms with E-state index < -0.39 is 0 Å². The average Bonchev–Trinajstić information content (AvgIpc) is 2.39. The minimum absolute atomic E-state index is 0.00477. The summed E-state index contributed by atoms with van der Waals surface area (Å²) in [6.07, 6.45) is 4.80. The molecule has 0 bridgehead atoms. The summed E-state index contributed by atoms with van der Waals surface area (Å²) in [5.74, 6) is 1.86. The summed E-state index contributed by atoms with van der Waals surface area (Å²) >= 11 is 0. The lowest BCUT2D eigenvalue weighted by atomic mass is 9.92. The van der Waals surface area contributed by atoms with Crippen molar-refractivity contribution in [2.75, 3.05) is 0 Å². The highest BCUT2D eigenvalue weighted by atomic mass is 28.2. The normalized spacial score (nSPS) is 15.3. The smallest absolute Gasteiger partial charge is 0.464 e. The summed E-state index contributed by atoms with van der Waals surface area (Å²) in [5.41, 5.74) is 2.35. The van der Waals surface area contributed by atoms with Crippen molar-refractivity contribution in [2.45, 2.75) is 27.2 Å². The number of carbonyl (C=O) groups excluding carboxylic acids is 1. The summed E-state index contributed by atoms with van der Waals surface area (Å²) < 4.78 is 11.2. The third-order valence-corrected chi connectivity index (χ3v) is 3.53. The molecule has 1 aliphatic rings. The first-order chi connectivity index (χ1) is 9.00. The number of ketones is 1. The van der Waals surface area contributed by atoms with Crippen LogP contribution in [0.2, 0.25) is 0 Å². The fraction of sp³-hybridized carbons (Fsp3) is 0.312. The van der Waals surface area contributed by atoms with Crippen molar-refractivity contribution in [3.63, 3.8) is 0 Å². The predicted octanol–water partition coefficient (Wildman–Crippen LogP) is 3.63. The van der Waals surface area contributed by atoms with E-state index >= 15 is 0 Å². The van der Waals surface area contributed by atoms with Crippen LogP contribution in [0.5, 0.6) is 0 Å². The molecule has 19 heavy (non-hydrogen) atoms. The second-order valence-corrected chi connectivity index (χ2v) is 6.17. The molecule has 0 saturated heterocycles. The lowest BCUT2D eigenvalue weighted by Crippen LogP contribution is -2.20. The van der Waals surface area contributed by atoms with Crippen LogP contribution in [0.25, 0.3) is 0 Å². The van der Waals surface area contributed by atoms with Crippen LogP contribution in [0.4, 0.5) is 0 Å². The number of allylic oxidation sites excluding steroid dienone is 3. The van der Waals surface area contributed by atoms with Crippen LogP contribution < -0.4 is 0 Å². The highest BCUT2D eigenvalue weighted by Gasteiger charge is 2.32. The van der Waals surface area contributed by atoms with E-state index in [1.54, 1.807) is 0 Å². The summed E-state index contributed by atoms with van der Waals surface area (Å²) in [4.78, 5) is 0. The number of rotatable bonds is 3. The Morgan fingerprint density at radius 1 is 1.26 bits per heavy atom. The lowest BCUT2D eigenvalue weighted by molar-refractivity contribution is -0.109. The molecule has 0 N–H and O–H groups in total. The molecule has 1 aliphatic heterocycles.